The first-order chi connectivity index (χ1) is 21.7. The summed E-state index contributed by atoms with van der Waals surface area (Å²) in [4.78, 5) is 41.6. The lowest BCUT2D eigenvalue weighted by Crippen LogP contribution is -2.44. The zero-order valence-corrected chi connectivity index (χ0v) is 27.2. The van der Waals surface area contributed by atoms with Crippen LogP contribution in [-0.4, -0.2) is 63.5 Å². The van der Waals surface area contributed by atoms with Crippen molar-refractivity contribution in [2.45, 2.75) is 55.6 Å². The van der Waals surface area contributed by atoms with E-state index in [0.29, 0.717) is 44.6 Å². The van der Waals surface area contributed by atoms with Gasteiger partial charge in [0.15, 0.2) is 5.16 Å². The summed E-state index contributed by atoms with van der Waals surface area (Å²) in [5, 5.41) is 15.4. The molecule has 0 bridgehead atoms. The van der Waals surface area contributed by atoms with E-state index in [0.717, 1.165) is 54.8 Å². The van der Waals surface area contributed by atoms with Gasteiger partial charge in [-0.2, -0.15) is 5.26 Å². The monoisotopic (exact) mass is 642 g/mol. The first kappa shape index (κ1) is 30.9. The van der Waals surface area contributed by atoms with Crippen LogP contribution in [-0.2, 0) is 16.6 Å². The fraction of sp³-hybridized carbons (Fsp3) is 0.364. The van der Waals surface area contributed by atoms with Crippen LogP contribution in [0.4, 0.5) is 22.7 Å². The Morgan fingerprint density at radius 3 is 2.42 bits per heavy atom. The van der Waals surface area contributed by atoms with E-state index in [4.69, 9.17) is 11.6 Å². The normalized spacial score (nSPS) is 15.8. The third-order valence-electron chi connectivity index (χ3n) is 8.60. The van der Waals surface area contributed by atoms with Crippen LogP contribution in [0.5, 0.6) is 0 Å². The Morgan fingerprint density at radius 2 is 1.80 bits per heavy atom. The molecule has 2 aliphatic heterocycles. The second kappa shape index (κ2) is 13.1. The van der Waals surface area contributed by atoms with Crippen LogP contribution >= 0.6 is 23.4 Å². The van der Waals surface area contributed by atoms with E-state index < -0.39 is 0 Å². The molecule has 4 heterocycles. The lowest BCUT2D eigenvalue weighted by molar-refractivity contribution is -0.124. The van der Waals surface area contributed by atoms with Crippen molar-refractivity contribution in [2.24, 2.45) is 7.05 Å². The Hall–Kier alpha value is -4.11. The summed E-state index contributed by atoms with van der Waals surface area (Å²) < 4.78 is 1.92. The molecule has 2 fully saturated rings. The van der Waals surface area contributed by atoms with Crippen molar-refractivity contribution in [1.82, 2.24) is 19.4 Å². The molecular weight excluding hydrogens is 608 g/mol. The molecule has 0 unspecified atom stereocenters. The molecule has 0 aliphatic carbocycles. The molecule has 2 aromatic carbocycles. The number of aromatic nitrogens is 3. The molecule has 2 aromatic heterocycles. The SMILES string of the molecule is CC(=O)N(C(C)=O)c1cc2c(Nc3ccc(Sc4nccn4C)c(Cl)c3)c(C#N)cnc2cc1N1CCC(N2CCCC2)CC1. The number of imidazole rings is 1. The molecule has 10 nitrogen and oxygen atoms in total. The van der Waals surface area contributed by atoms with Crippen LogP contribution < -0.4 is 15.1 Å². The highest BCUT2D eigenvalue weighted by Gasteiger charge is 2.30. The molecule has 0 atom stereocenters. The zero-order chi connectivity index (χ0) is 31.7. The fourth-order valence-electron chi connectivity index (χ4n) is 6.36. The Labute approximate surface area is 272 Å². The van der Waals surface area contributed by atoms with Gasteiger partial charge in [0.05, 0.1) is 33.2 Å². The Bertz CT molecular complexity index is 1790. The number of imide groups is 1. The molecule has 45 heavy (non-hydrogen) atoms. The van der Waals surface area contributed by atoms with Gasteiger partial charge in [0.2, 0.25) is 11.8 Å². The van der Waals surface area contributed by atoms with Gasteiger partial charge >= 0.3 is 0 Å². The Balaban J connectivity index is 1.38. The first-order valence-corrected chi connectivity index (χ1v) is 16.3. The summed E-state index contributed by atoms with van der Waals surface area (Å²) in [6.07, 6.45) is 9.71. The lowest BCUT2D eigenvalue weighted by Gasteiger charge is -2.39. The fourth-order valence-corrected chi connectivity index (χ4v) is 7.47. The van der Waals surface area contributed by atoms with Crippen LogP contribution in [0.25, 0.3) is 10.9 Å². The maximum absolute atomic E-state index is 12.9. The van der Waals surface area contributed by atoms with Gasteiger partial charge in [0.25, 0.3) is 0 Å². The van der Waals surface area contributed by atoms with Crippen LogP contribution in [0, 0.1) is 11.3 Å². The third-order valence-corrected chi connectivity index (χ3v) is 10.2. The molecular formula is C33H35ClN8O2S. The second-order valence-electron chi connectivity index (χ2n) is 11.5. The highest BCUT2D eigenvalue weighted by atomic mass is 35.5. The van der Waals surface area contributed by atoms with Crippen LogP contribution in [0.3, 0.4) is 0 Å². The number of nitrogens with zero attached hydrogens (tertiary/aromatic N) is 7. The van der Waals surface area contributed by atoms with E-state index in [1.807, 2.05) is 42.1 Å². The van der Waals surface area contributed by atoms with Crippen molar-refractivity contribution in [3.05, 3.63) is 59.5 Å². The lowest BCUT2D eigenvalue weighted by atomic mass is 10.0. The highest BCUT2D eigenvalue weighted by molar-refractivity contribution is 7.99. The van der Waals surface area contributed by atoms with Gasteiger partial charge in [-0.05, 0) is 69.1 Å². The number of carbonyl (C=O) groups excluding carboxylic acids is 2. The van der Waals surface area contributed by atoms with Gasteiger partial charge < -0.3 is 19.7 Å². The molecule has 1 N–H and O–H groups in total. The average molecular weight is 643 g/mol. The number of nitrogens with one attached hydrogen (secondary N) is 1. The molecule has 232 valence electrons. The third kappa shape index (κ3) is 6.36. The van der Waals surface area contributed by atoms with Gasteiger partial charge in [0.1, 0.15) is 6.07 Å². The number of amides is 2. The maximum Gasteiger partial charge on any atom is 0.230 e. The van der Waals surface area contributed by atoms with E-state index in [2.05, 4.69) is 31.2 Å². The number of benzene rings is 2. The number of aryl methyl sites for hydroxylation is 1. The first-order valence-electron chi connectivity index (χ1n) is 15.1. The quantitative estimate of drug-likeness (QED) is 0.246. The van der Waals surface area contributed by atoms with Crippen molar-refractivity contribution in [3.63, 3.8) is 0 Å². The average Bonchev–Trinajstić information content (AvgIpc) is 3.70. The summed E-state index contributed by atoms with van der Waals surface area (Å²) in [6.45, 7) is 6.73. The molecule has 2 saturated heterocycles. The van der Waals surface area contributed by atoms with Crippen molar-refractivity contribution in [2.75, 3.05) is 41.3 Å². The molecule has 4 aromatic rings. The minimum absolute atomic E-state index is 0.326. The summed E-state index contributed by atoms with van der Waals surface area (Å²) >= 11 is 8.14. The molecule has 2 amide bonds. The van der Waals surface area contributed by atoms with E-state index in [1.165, 1.54) is 43.4 Å². The van der Waals surface area contributed by atoms with Crippen molar-refractivity contribution in [3.8, 4) is 6.07 Å². The second-order valence-corrected chi connectivity index (χ2v) is 13.0. The predicted octanol–water partition coefficient (Wildman–Crippen LogP) is 6.35. The number of rotatable bonds is 7. The summed E-state index contributed by atoms with van der Waals surface area (Å²) in [5.74, 6) is -0.747. The topological polar surface area (TPSA) is 110 Å². The van der Waals surface area contributed by atoms with Crippen LogP contribution in [0.1, 0.15) is 45.1 Å². The van der Waals surface area contributed by atoms with Crippen molar-refractivity contribution in [1.29, 1.82) is 5.26 Å². The number of nitriles is 1. The number of pyridine rings is 1. The number of halogens is 1. The maximum atomic E-state index is 12.9. The summed E-state index contributed by atoms with van der Waals surface area (Å²) in [6, 6.07) is 12.1. The van der Waals surface area contributed by atoms with E-state index in [-0.39, 0.29) is 11.8 Å². The van der Waals surface area contributed by atoms with Crippen LogP contribution in [0.15, 0.2) is 59.0 Å². The van der Waals surface area contributed by atoms with E-state index in [1.54, 1.807) is 18.5 Å². The molecule has 2 aliphatic rings. The minimum Gasteiger partial charge on any atom is -0.370 e. The molecule has 12 heteroatoms. The Kier molecular flexibility index (Phi) is 8.99. The number of piperidine rings is 1. The highest BCUT2D eigenvalue weighted by Crippen LogP contribution is 2.41. The smallest absolute Gasteiger partial charge is 0.230 e. The number of fused-ring (bicyclic) bond motifs is 1. The zero-order valence-electron chi connectivity index (χ0n) is 25.6. The van der Waals surface area contributed by atoms with Crippen molar-refractivity contribution >= 4 is 68.8 Å². The number of likely N-dealkylation sites (tertiary alicyclic amines) is 1. The predicted molar refractivity (Wildman–Crippen MR) is 178 cm³/mol. The molecule has 6 rings (SSSR count). The summed E-state index contributed by atoms with van der Waals surface area (Å²) in [7, 11) is 1.92. The van der Waals surface area contributed by atoms with E-state index in [9.17, 15) is 14.9 Å². The largest absolute Gasteiger partial charge is 0.370 e. The minimum atomic E-state index is -0.374. The van der Waals surface area contributed by atoms with E-state index >= 15 is 0 Å². The van der Waals surface area contributed by atoms with Gasteiger partial charge in [-0.3, -0.25) is 14.6 Å². The van der Waals surface area contributed by atoms with Crippen LogP contribution in [0.2, 0.25) is 5.02 Å². The molecule has 0 radical (unpaired) electrons. The number of carbonyl (C=O) groups is 2. The number of anilines is 4. The number of hydrogen-bond acceptors (Lipinski definition) is 9. The van der Waals surface area contributed by atoms with Gasteiger partial charge in [-0.15, -0.1) is 0 Å². The van der Waals surface area contributed by atoms with Gasteiger partial charge in [-0.25, -0.2) is 9.88 Å². The summed E-state index contributed by atoms with van der Waals surface area (Å²) in [5.41, 5.74) is 3.45. The standard InChI is InChI=1S/C33H35ClN8O2S/c1-21(43)42(22(2)44)30-17-26-28(18-29(30)41-13-8-25(9-14-41)40-11-4-5-12-40)37-20-23(19-35)32(26)38-24-6-7-31(27(34)16-24)45-33-36-10-15-39(33)3/h6-7,10,15-18,20,25H,4-5,8-9,11-14H2,1-3H3,(H,37,38). The van der Waals surface area contributed by atoms with Gasteiger partial charge in [0, 0.05) is 74.6 Å². The van der Waals surface area contributed by atoms with Gasteiger partial charge in [-0.1, -0.05) is 23.4 Å². The Morgan fingerprint density at radius 1 is 1.07 bits per heavy atom. The number of hydrogen-bond donors (Lipinski definition) is 1. The molecule has 0 spiro atoms. The van der Waals surface area contributed by atoms with Crippen molar-refractivity contribution < 1.29 is 9.59 Å². The molecule has 0 saturated carbocycles.